The number of carbonyl (C=O) groups excluding carboxylic acids is 1. The number of phenolic OH excluding ortho intramolecular Hbond substituents is 1. The van der Waals surface area contributed by atoms with E-state index in [1.807, 2.05) is 23.6 Å². The van der Waals surface area contributed by atoms with E-state index >= 15 is 0 Å². The minimum atomic E-state index is -0.0380. The normalized spacial score (nSPS) is 10.1. The van der Waals surface area contributed by atoms with Gasteiger partial charge in [0.25, 0.3) is 0 Å². The van der Waals surface area contributed by atoms with Crippen LogP contribution in [0.15, 0.2) is 41.8 Å². The Labute approximate surface area is 104 Å². The number of amides is 1. The van der Waals surface area contributed by atoms with E-state index in [-0.39, 0.29) is 11.7 Å². The summed E-state index contributed by atoms with van der Waals surface area (Å²) in [5.41, 5.74) is 0.814. The van der Waals surface area contributed by atoms with Gasteiger partial charge in [-0.3, -0.25) is 4.79 Å². The third kappa shape index (κ3) is 3.60. The van der Waals surface area contributed by atoms with Crippen LogP contribution < -0.4 is 5.32 Å². The molecule has 88 valence electrons. The zero-order valence-electron chi connectivity index (χ0n) is 9.22. The lowest BCUT2D eigenvalue weighted by Gasteiger charge is -2.04. The molecule has 1 amide bonds. The molecule has 1 aromatic heterocycles. The zero-order chi connectivity index (χ0) is 12.1. The first kappa shape index (κ1) is 11.7. The van der Waals surface area contributed by atoms with Crippen molar-refractivity contribution in [2.24, 2.45) is 0 Å². The SMILES string of the molecule is O=C(Cc1cccc(O)c1)NCc1cccs1. The Hall–Kier alpha value is -1.81. The Morgan fingerprint density at radius 2 is 2.18 bits per heavy atom. The molecule has 0 aliphatic rings. The van der Waals surface area contributed by atoms with E-state index in [0.29, 0.717) is 13.0 Å². The van der Waals surface area contributed by atoms with Crippen molar-refractivity contribution < 1.29 is 9.90 Å². The smallest absolute Gasteiger partial charge is 0.224 e. The minimum Gasteiger partial charge on any atom is -0.508 e. The van der Waals surface area contributed by atoms with Crippen molar-refractivity contribution in [2.45, 2.75) is 13.0 Å². The van der Waals surface area contributed by atoms with Gasteiger partial charge in [-0.05, 0) is 29.1 Å². The van der Waals surface area contributed by atoms with Crippen molar-refractivity contribution in [3.8, 4) is 5.75 Å². The summed E-state index contributed by atoms with van der Waals surface area (Å²) in [5.74, 6) is 0.151. The molecular weight excluding hydrogens is 234 g/mol. The Morgan fingerprint density at radius 1 is 1.29 bits per heavy atom. The van der Waals surface area contributed by atoms with E-state index in [9.17, 15) is 9.90 Å². The Morgan fingerprint density at radius 3 is 2.88 bits per heavy atom. The summed E-state index contributed by atoms with van der Waals surface area (Å²) < 4.78 is 0. The van der Waals surface area contributed by atoms with Gasteiger partial charge in [0.2, 0.25) is 5.91 Å². The van der Waals surface area contributed by atoms with Gasteiger partial charge in [0.1, 0.15) is 5.75 Å². The quantitative estimate of drug-likeness (QED) is 0.871. The molecule has 0 aliphatic carbocycles. The Bertz CT molecular complexity index is 494. The van der Waals surface area contributed by atoms with Crippen molar-refractivity contribution in [1.82, 2.24) is 5.32 Å². The Balaban J connectivity index is 1.85. The van der Waals surface area contributed by atoms with E-state index in [1.54, 1.807) is 29.5 Å². The highest BCUT2D eigenvalue weighted by atomic mass is 32.1. The molecule has 0 radical (unpaired) electrons. The number of rotatable bonds is 4. The fourth-order valence-electron chi connectivity index (χ4n) is 1.51. The molecule has 4 heteroatoms. The summed E-state index contributed by atoms with van der Waals surface area (Å²) in [5, 5.41) is 14.1. The second-order valence-corrected chi connectivity index (χ2v) is 4.74. The number of thiophene rings is 1. The summed E-state index contributed by atoms with van der Waals surface area (Å²) in [6.07, 6.45) is 0.291. The lowest BCUT2D eigenvalue weighted by molar-refractivity contribution is -0.120. The molecule has 2 N–H and O–H groups in total. The van der Waals surface area contributed by atoms with Crippen molar-refractivity contribution in [3.05, 3.63) is 52.2 Å². The molecule has 1 aromatic carbocycles. The maximum absolute atomic E-state index is 11.6. The summed E-state index contributed by atoms with van der Waals surface area (Å²) in [6, 6.07) is 10.7. The number of hydrogen-bond acceptors (Lipinski definition) is 3. The number of aromatic hydroxyl groups is 1. The van der Waals surface area contributed by atoms with Crippen molar-refractivity contribution in [2.75, 3.05) is 0 Å². The number of nitrogens with one attached hydrogen (secondary N) is 1. The number of carbonyl (C=O) groups is 1. The number of benzene rings is 1. The van der Waals surface area contributed by atoms with E-state index in [2.05, 4.69) is 5.32 Å². The summed E-state index contributed by atoms with van der Waals surface area (Å²) in [6.45, 7) is 0.565. The fourth-order valence-corrected chi connectivity index (χ4v) is 2.16. The highest BCUT2D eigenvalue weighted by Crippen LogP contribution is 2.11. The van der Waals surface area contributed by atoms with Gasteiger partial charge in [0.15, 0.2) is 0 Å². The van der Waals surface area contributed by atoms with Crippen LogP contribution in [-0.2, 0) is 17.8 Å². The molecule has 0 saturated heterocycles. The topological polar surface area (TPSA) is 49.3 Å². The number of hydrogen-bond donors (Lipinski definition) is 2. The van der Waals surface area contributed by atoms with Crippen LogP contribution in [0.3, 0.4) is 0 Å². The van der Waals surface area contributed by atoms with Crippen LogP contribution in [0.1, 0.15) is 10.4 Å². The third-order valence-corrected chi connectivity index (χ3v) is 3.19. The lowest BCUT2D eigenvalue weighted by atomic mass is 10.1. The van der Waals surface area contributed by atoms with E-state index in [4.69, 9.17) is 0 Å². The molecule has 0 bridgehead atoms. The van der Waals surface area contributed by atoms with Gasteiger partial charge in [0.05, 0.1) is 13.0 Å². The molecule has 1 heterocycles. The molecule has 17 heavy (non-hydrogen) atoms. The van der Waals surface area contributed by atoms with Crippen LogP contribution >= 0.6 is 11.3 Å². The van der Waals surface area contributed by atoms with Gasteiger partial charge < -0.3 is 10.4 Å². The molecule has 3 nitrogen and oxygen atoms in total. The van der Waals surface area contributed by atoms with Gasteiger partial charge in [0, 0.05) is 4.88 Å². The van der Waals surface area contributed by atoms with Gasteiger partial charge >= 0.3 is 0 Å². The first-order valence-electron chi connectivity index (χ1n) is 5.31. The second kappa shape index (κ2) is 5.50. The van der Waals surface area contributed by atoms with Gasteiger partial charge in [-0.2, -0.15) is 0 Å². The molecule has 0 fully saturated rings. The second-order valence-electron chi connectivity index (χ2n) is 3.70. The maximum atomic E-state index is 11.6. The highest BCUT2D eigenvalue weighted by molar-refractivity contribution is 7.09. The first-order valence-corrected chi connectivity index (χ1v) is 6.19. The Kier molecular flexibility index (Phi) is 3.77. The van der Waals surface area contributed by atoms with Crippen LogP contribution in [-0.4, -0.2) is 11.0 Å². The van der Waals surface area contributed by atoms with Crippen LogP contribution in [0, 0.1) is 0 Å². The van der Waals surface area contributed by atoms with Crippen LogP contribution in [0.25, 0.3) is 0 Å². The summed E-state index contributed by atoms with van der Waals surface area (Å²) >= 11 is 1.62. The predicted octanol–water partition coefficient (Wildman–Crippen LogP) is 2.31. The average Bonchev–Trinajstić information content (AvgIpc) is 2.79. The lowest BCUT2D eigenvalue weighted by Crippen LogP contribution is -2.24. The zero-order valence-corrected chi connectivity index (χ0v) is 10.0. The standard InChI is InChI=1S/C13H13NO2S/c15-11-4-1-3-10(7-11)8-13(16)14-9-12-5-2-6-17-12/h1-7,15H,8-9H2,(H,14,16). The van der Waals surface area contributed by atoms with Gasteiger partial charge in [-0.1, -0.05) is 18.2 Å². The van der Waals surface area contributed by atoms with E-state index < -0.39 is 0 Å². The molecule has 0 saturated carbocycles. The molecule has 0 atom stereocenters. The third-order valence-electron chi connectivity index (χ3n) is 2.32. The molecular formula is C13H13NO2S. The van der Waals surface area contributed by atoms with Gasteiger partial charge in [-0.25, -0.2) is 0 Å². The average molecular weight is 247 g/mol. The van der Waals surface area contributed by atoms with Crippen molar-refractivity contribution >= 4 is 17.2 Å². The molecule has 2 aromatic rings. The predicted molar refractivity (Wildman–Crippen MR) is 68.0 cm³/mol. The minimum absolute atomic E-state index is 0.0380. The van der Waals surface area contributed by atoms with Crippen LogP contribution in [0.5, 0.6) is 5.75 Å². The first-order chi connectivity index (χ1) is 8.24. The monoisotopic (exact) mass is 247 g/mol. The molecule has 2 rings (SSSR count). The van der Waals surface area contributed by atoms with Crippen LogP contribution in [0.4, 0.5) is 0 Å². The fraction of sp³-hybridized carbons (Fsp3) is 0.154. The molecule has 0 aliphatic heterocycles. The maximum Gasteiger partial charge on any atom is 0.224 e. The van der Waals surface area contributed by atoms with E-state index in [1.165, 1.54) is 0 Å². The van der Waals surface area contributed by atoms with Crippen molar-refractivity contribution in [3.63, 3.8) is 0 Å². The van der Waals surface area contributed by atoms with Crippen molar-refractivity contribution in [1.29, 1.82) is 0 Å². The summed E-state index contributed by atoms with van der Waals surface area (Å²) in [4.78, 5) is 12.8. The largest absolute Gasteiger partial charge is 0.508 e. The van der Waals surface area contributed by atoms with Gasteiger partial charge in [-0.15, -0.1) is 11.3 Å². The molecule has 0 unspecified atom stereocenters. The van der Waals surface area contributed by atoms with E-state index in [0.717, 1.165) is 10.4 Å². The highest BCUT2D eigenvalue weighted by Gasteiger charge is 2.04. The number of phenols is 1. The van der Waals surface area contributed by atoms with Crippen LogP contribution in [0.2, 0.25) is 0 Å². The molecule has 0 spiro atoms. The summed E-state index contributed by atoms with van der Waals surface area (Å²) in [7, 11) is 0.